The largest absolute Gasteiger partial charge is 0.495 e. The van der Waals surface area contributed by atoms with Gasteiger partial charge in [-0.2, -0.15) is 0 Å². The molecule has 0 atom stereocenters. The number of rotatable bonds is 4. The molecular formula is C15H13NOS2. The molecule has 0 aliphatic heterocycles. The Hall–Kier alpha value is -1.78. The molecule has 0 spiro atoms. The van der Waals surface area contributed by atoms with Crippen molar-refractivity contribution in [3.8, 4) is 15.5 Å². The van der Waals surface area contributed by atoms with E-state index in [0.717, 1.165) is 16.4 Å². The molecule has 0 unspecified atom stereocenters. The number of benzene rings is 1. The lowest BCUT2D eigenvalue weighted by Gasteiger charge is -2.08. The number of hydrogen-bond acceptors (Lipinski definition) is 4. The summed E-state index contributed by atoms with van der Waals surface area (Å²) in [7, 11) is 1.69. The van der Waals surface area contributed by atoms with Crippen molar-refractivity contribution in [3.63, 3.8) is 0 Å². The molecular weight excluding hydrogens is 274 g/mol. The van der Waals surface area contributed by atoms with Gasteiger partial charge in [-0.05, 0) is 35.7 Å². The first kappa shape index (κ1) is 12.3. The van der Waals surface area contributed by atoms with Crippen LogP contribution in [0.2, 0.25) is 0 Å². The van der Waals surface area contributed by atoms with E-state index in [1.165, 1.54) is 9.75 Å². The zero-order valence-corrected chi connectivity index (χ0v) is 12.1. The molecule has 2 nitrogen and oxygen atoms in total. The van der Waals surface area contributed by atoms with Crippen LogP contribution in [-0.4, -0.2) is 7.11 Å². The summed E-state index contributed by atoms with van der Waals surface area (Å²) in [6.45, 7) is 0. The monoisotopic (exact) mass is 287 g/mol. The minimum absolute atomic E-state index is 0.855. The molecule has 0 saturated carbocycles. The van der Waals surface area contributed by atoms with Crippen molar-refractivity contribution < 1.29 is 4.74 Å². The number of thiophene rings is 2. The Morgan fingerprint density at radius 1 is 0.947 bits per heavy atom. The molecule has 0 amide bonds. The van der Waals surface area contributed by atoms with Crippen molar-refractivity contribution in [3.05, 3.63) is 53.9 Å². The van der Waals surface area contributed by atoms with Crippen LogP contribution in [0.4, 0.5) is 10.7 Å². The van der Waals surface area contributed by atoms with Crippen LogP contribution >= 0.6 is 22.7 Å². The molecule has 2 aromatic heterocycles. The Labute approximate surface area is 120 Å². The van der Waals surface area contributed by atoms with E-state index < -0.39 is 0 Å². The summed E-state index contributed by atoms with van der Waals surface area (Å²) in [6.07, 6.45) is 0. The van der Waals surface area contributed by atoms with E-state index in [2.05, 4.69) is 35.0 Å². The molecule has 19 heavy (non-hydrogen) atoms. The number of para-hydroxylation sites is 2. The Morgan fingerprint density at radius 3 is 2.63 bits per heavy atom. The Morgan fingerprint density at radius 2 is 1.84 bits per heavy atom. The molecule has 0 aliphatic carbocycles. The molecule has 1 aromatic carbocycles. The standard InChI is InChI=1S/C15H13NOS2/c1-17-12-6-3-2-5-11(12)16-15-9-8-14(19-15)13-7-4-10-18-13/h2-10,16H,1H3. The van der Waals surface area contributed by atoms with Crippen molar-refractivity contribution in [1.29, 1.82) is 0 Å². The van der Waals surface area contributed by atoms with Crippen LogP contribution in [0.25, 0.3) is 9.75 Å². The zero-order valence-electron chi connectivity index (χ0n) is 10.4. The van der Waals surface area contributed by atoms with Crippen LogP contribution in [0.1, 0.15) is 0 Å². The van der Waals surface area contributed by atoms with Crippen LogP contribution in [0.15, 0.2) is 53.9 Å². The second-order valence-corrected chi connectivity index (χ2v) is 6.00. The van der Waals surface area contributed by atoms with E-state index in [9.17, 15) is 0 Å². The molecule has 96 valence electrons. The third-order valence-corrected chi connectivity index (χ3v) is 4.80. The van der Waals surface area contributed by atoms with Crippen LogP contribution in [-0.2, 0) is 0 Å². The summed E-state index contributed by atoms with van der Waals surface area (Å²) in [6, 6.07) is 16.4. The van der Waals surface area contributed by atoms with Gasteiger partial charge in [-0.25, -0.2) is 0 Å². The topological polar surface area (TPSA) is 21.3 Å². The number of ether oxygens (including phenoxy) is 1. The van der Waals surface area contributed by atoms with Gasteiger partial charge in [0.25, 0.3) is 0 Å². The van der Waals surface area contributed by atoms with Crippen molar-refractivity contribution in [2.45, 2.75) is 0 Å². The van der Waals surface area contributed by atoms with Gasteiger partial charge in [0.1, 0.15) is 5.75 Å². The number of anilines is 2. The highest BCUT2D eigenvalue weighted by Gasteiger charge is 2.06. The van der Waals surface area contributed by atoms with Gasteiger partial charge in [-0.3, -0.25) is 0 Å². The normalized spacial score (nSPS) is 10.4. The summed E-state index contributed by atoms with van der Waals surface area (Å²) in [5.41, 5.74) is 0.990. The highest BCUT2D eigenvalue weighted by atomic mass is 32.1. The molecule has 3 rings (SSSR count). The van der Waals surface area contributed by atoms with E-state index in [4.69, 9.17) is 4.74 Å². The van der Waals surface area contributed by atoms with Crippen molar-refractivity contribution in [2.75, 3.05) is 12.4 Å². The predicted molar refractivity (Wildman–Crippen MR) is 83.9 cm³/mol. The van der Waals surface area contributed by atoms with Crippen molar-refractivity contribution in [1.82, 2.24) is 0 Å². The Bertz CT molecular complexity index is 658. The molecule has 0 bridgehead atoms. The summed E-state index contributed by atoms with van der Waals surface area (Å²) in [5, 5.41) is 6.62. The molecule has 3 aromatic rings. The molecule has 0 radical (unpaired) electrons. The maximum atomic E-state index is 5.34. The maximum absolute atomic E-state index is 5.34. The molecule has 0 saturated heterocycles. The minimum Gasteiger partial charge on any atom is -0.495 e. The lowest BCUT2D eigenvalue weighted by molar-refractivity contribution is 0.417. The van der Waals surface area contributed by atoms with Crippen molar-refractivity contribution >= 4 is 33.4 Å². The summed E-state index contributed by atoms with van der Waals surface area (Å²) < 4.78 is 5.34. The SMILES string of the molecule is COc1ccccc1Nc1ccc(-c2cccs2)s1. The second kappa shape index (κ2) is 5.47. The average Bonchev–Trinajstić information content (AvgIpc) is 3.09. The Kier molecular flexibility index (Phi) is 3.53. The smallest absolute Gasteiger partial charge is 0.142 e. The van der Waals surface area contributed by atoms with E-state index in [1.807, 2.05) is 24.3 Å². The number of nitrogens with one attached hydrogen (secondary N) is 1. The van der Waals surface area contributed by atoms with Crippen molar-refractivity contribution in [2.24, 2.45) is 0 Å². The quantitative estimate of drug-likeness (QED) is 0.709. The maximum Gasteiger partial charge on any atom is 0.142 e. The first-order chi connectivity index (χ1) is 9.36. The zero-order chi connectivity index (χ0) is 13.1. The fraction of sp³-hybridized carbons (Fsp3) is 0.0667. The number of hydrogen-bond donors (Lipinski definition) is 1. The summed E-state index contributed by atoms with van der Waals surface area (Å²) >= 11 is 3.51. The lowest BCUT2D eigenvalue weighted by atomic mass is 10.3. The summed E-state index contributed by atoms with van der Waals surface area (Å²) in [4.78, 5) is 2.59. The minimum atomic E-state index is 0.855. The van der Waals surface area contributed by atoms with Gasteiger partial charge in [0.2, 0.25) is 0 Å². The molecule has 0 fully saturated rings. The third-order valence-electron chi connectivity index (χ3n) is 2.73. The van der Waals surface area contributed by atoms with Crippen LogP contribution < -0.4 is 10.1 Å². The van der Waals surface area contributed by atoms with Crippen LogP contribution in [0.3, 0.4) is 0 Å². The summed E-state index contributed by atoms with van der Waals surface area (Å²) in [5.74, 6) is 0.855. The van der Waals surface area contributed by atoms with Gasteiger partial charge in [0, 0.05) is 9.75 Å². The van der Waals surface area contributed by atoms with Crippen LogP contribution in [0, 0.1) is 0 Å². The first-order valence-corrected chi connectivity index (χ1v) is 7.60. The molecule has 1 N–H and O–H groups in total. The van der Waals surface area contributed by atoms with E-state index >= 15 is 0 Å². The molecule has 2 heterocycles. The van der Waals surface area contributed by atoms with Gasteiger partial charge in [-0.1, -0.05) is 18.2 Å². The van der Waals surface area contributed by atoms with Gasteiger partial charge in [0.05, 0.1) is 17.8 Å². The van der Waals surface area contributed by atoms with E-state index in [-0.39, 0.29) is 0 Å². The molecule has 4 heteroatoms. The van der Waals surface area contributed by atoms with Gasteiger partial charge in [-0.15, -0.1) is 22.7 Å². The first-order valence-electron chi connectivity index (χ1n) is 5.90. The van der Waals surface area contributed by atoms with E-state index in [1.54, 1.807) is 29.8 Å². The van der Waals surface area contributed by atoms with E-state index in [0.29, 0.717) is 0 Å². The predicted octanol–water partition coefficient (Wildman–Crippen LogP) is 5.23. The van der Waals surface area contributed by atoms with Gasteiger partial charge in [0.15, 0.2) is 0 Å². The highest BCUT2D eigenvalue weighted by molar-refractivity contribution is 7.23. The molecule has 0 aliphatic rings. The van der Waals surface area contributed by atoms with Crippen LogP contribution in [0.5, 0.6) is 5.75 Å². The fourth-order valence-electron chi connectivity index (χ4n) is 1.84. The third kappa shape index (κ3) is 2.64. The highest BCUT2D eigenvalue weighted by Crippen LogP contribution is 2.36. The van der Waals surface area contributed by atoms with Gasteiger partial charge >= 0.3 is 0 Å². The fourth-order valence-corrected chi connectivity index (χ4v) is 3.59. The second-order valence-electron chi connectivity index (χ2n) is 3.97. The number of methoxy groups -OCH3 is 1. The lowest BCUT2D eigenvalue weighted by Crippen LogP contribution is -1.91. The van der Waals surface area contributed by atoms with Gasteiger partial charge < -0.3 is 10.1 Å². The average molecular weight is 287 g/mol. The Balaban J connectivity index is 1.84.